The van der Waals surface area contributed by atoms with Crippen LogP contribution in [0.15, 0.2) is 43.0 Å². The summed E-state index contributed by atoms with van der Waals surface area (Å²) in [7, 11) is 0. The molecule has 5 heteroatoms. The summed E-state index contributed by atoms with van der Waals surface area (Å²) in [6.07, 6.45) is 10.1. The molecule has 0 aliphatic heterocycles. The maximum Gasteiger partial charge on any atom is 0.330 e. The molecular formula is C20H26O5. The molecule has 1 rings (SSSR count). The van der Waals surface area contributed by atoms with Crippen molar-refractivity contribution in [3.63, 3.8) is 0 Å². The van der Waals surface area contributed by atoms with Gasteiger partial charge in [-0.25, -0.2) is 9.59 Å². The molecule has 1 aromatic rings. The second-order valence-corrected chi connectivity index (χ2v) is 5.58. The number of carbonyl (C=O) groups is 2. The van der Waals surface area contributed by atoms with Crippen molar-refractivity contribution in [2.45, 2.75) is 38.5 Å². The molecule has 0 saturated carbocycles. The molecule has 5 nitrogen and oxygen atoms in total. The summed E-state index contributed by atoms with van der Waals surface area (Å²) in [5, 5.41) is 8.57. The summed E-state index contributed by atoms with van der Waals surface area (Å²) in [6.45, 7) is 4.48. The van der Waals surface area contributed by atoms with Crippen LogP contribution in [0.3, 0.4) is 0 Å². The van der Waals surface area contributed by atoms with E-state index in [2.05, 4.69) is 6.58 Å². The number of benzene rings is 1. The first kappa shape index (κ1) is 20.5. The van der Waals surface area contributed by atoms with Gasteiger partial charge in [0.15, 0.2) is 0 Å². The van der Waals surface area contributed by atoms with E-state index in [0.717, 1.165) is 55.9 Å². The van der Waals surface area contributed by atoms with Gasteiger partial charge in [-0.1, -0.05) is 44.4 Å². The number of hydrogen-bond donors (Lipinski definition) is 1. The maximum atomic E-state index is 10.8. The molecule has 1 N–H and O–H groups in total. The van der Waals surface area contributed by atoms with Crippen LogP contribution in [0.1, 0.15) is 44.1 Å². The summed E-state index contributed by atoms with van der Waals surface area (Å²) in [4.78, 5) is 21.3. The van der Waals surface area contributed by atoms with E-state index >= 15 is 0 Å². The Bertz CT molecular complexity index is 560. The lowest BCUT2D eigenvalue weighted by atomic mass is 10.1. The lowest BCUT2D eigenvalue weighted by molar-refractivity contribution is -0.138. The molecule has 25 heavy (non-hydrogen) atoms. The smallest absolute Gasteiger partial charge is 0.330 e. The van der Waals surface area contributed by atoms with Gasteiger partial charge in [-0.05, 0) is 36.6 Å². The molecule has 0 amide bonds. The Morgan fingerprint density at radius 2 is 1.56 bits per heavy atom. The largest absolute Gasteiger partial charge is 0.494 e. The molecule has 136 valence electrons. The Hall–Kier alpha value is -2.56. The fourth-order valence-electron chi connectivity index (χ4n) is 2.18. The molecule has 0 bridgehead atoms. The minimum atomic E-state index is -0.960. The number of carboxylic acid groups (broad SMARTS) is 1. The molecule has 0 radical (unpaired) electrons. The van der Waals surface area contributed by atoms with Crippen LogP contribution in [0, 0.1) is 0 Å². The van der Waals surface area contributed by atoms with Gasteiger partial charge >= 0.3 is 11.9 Å². The van der Waals surface area contributed by atoms with Gasteiger partial charge < -0.3 is 14.6 Å². The van der Waals surface area contributed by atoms with E-state index in [1.165, 1.54) is 6.08 Å². The SMILES string of the molecule is C=CC(=O)OCCCCCCCCOc1ccc(/C=C/C(=O)O)cc1. The third-order valence-electron chi connectivity index (χ3n) is 3.52. The number of carbonyl (C=O) groups excluding carboxylic acids is 1. The Morgan fingerprint density at radius 1 is 0.960 bits per heavy atom. The highest BCUT2D eigenvalue weighted by Gasteiger charge is 1.97. The number of unbranched alkanes of at least 4 members (excludes halogenated alkanes) is 5. The van der Waals surface area contributed by atoms with Crippen molar-refractivity contribution in [3.8, 4) is 5.75 Å². The average Bonchev–Trinajstić information content (AvgIpc) is 2.62. The zero-order valence-electron chi connectivity index (χ0n) is 14.5. The summed E-state index contributed by atoms with van der Waals surface area (Å²) in [5.74, 6) is -0.530. The molecular weight excluding hydrogens is 320 g/mol. The number of carboxylic acids is 1. The first-order chi connectivity index (χ1) is 12.1. The minimum Gasteiger partial charge on any atom is -0.494 e. The van der Waals surface area contributed by atoms with Crippen molar-refractivity contribution >= 4 is 18.0 Å². The Morgan fingerprint density at radius 3 is 2.16 bits per heavy atom. The second-order valence-electron chi connectivity index (χ2n) is 5.58. The van der Waals surface area contributed by atoms with E-state index < -0.39 is 5.97 Å². The van der Waals surface area contributed by atoms with Gasteiger partial charge in [-0.3, -0.25) is 0 Å². The van der Waals surface area contributed by atoms with Gasteiger partial charge in [-0.2, -0.15) is 0 Å². The van der Waals surface area contributed by atoms with Crippen LogP contribution in [-0.2, 0) is 14.3 Å². The van der Waals surface area contributed by atoms with Crippen molar-refractivity contribution in [1.82, 2.24) is 0 Å². The standard InChI is InChI=1S/C20H26O5/c1-2-20(23)25-16-8-6-4-3-5-7-15-24-18-12-9-17(10-13-18)11-14-19(21)22/h2,9-14H,1,3-8,15-16H2,(H,21,22)/b14-11+. The van der Waals surface area contributed by atoms with Crippen LogP contribution < -0.4 is 4.74 Å². The Balaban J connectivity index is 2.01. The zero-order valence-corrected chi connectivity index (χ0v) is 14.5. The molecule has 0 heterocycles. The highest BCUT2D eigenvalue weighted by Crippen LogP contribution is 2.14. The van der Waals surface area contributed by atoms with Crippen LogP contribution in [0.4, 0.5) is 0 Å². The number of aliphatic carboxylic acids is 1. The van der Waals surface area contributed by atoms with Gasteiger partial charge in [0.05, 0.1) is 13.2 Å². The summed E-state index contributed by atoms with van der Waals surface area (Å²) >= 11 is 0. The summed E-state index contributed by atoms with van der Waals surface area (Å²) < 4.78 is 10.6. The van der Waals surface area contributed by atoms with E-state index in [-0.39, 0.29) is 5.97 Å². The number of hydrogen-bond acceptors (Lipinski definition) is 4. The first-order valence-electron chi connectivity index (χ1n) is 8.55. The van der Waals surface area contributed by atoms with E-state index in [0.29, 0.717) is 13.2 Å². The van der Waals surface area contributed by atoms with Gasteiger partial charge in [0.2, 0.25) is 0 Å². The van der Waals surface area contributed by atoms with Crippen LogP contribution >= 0.6 is 0 Å². The molecule has 0 unspecified atom stereocenters. The van der Waals surface area contributed by atoms with E-state index in [1.54, 1.807) is 6.08 Å². The number of esters is 1. The zero-order chi connectivity index (χ0) is 18.3. The molecule has 0 aliphatic rings. The van der Waals surface area contributed by atoms with Crippen LogP contribution in [0.2, 0.25) is 0 Å². The third-order valence-corrected chi connectivity index (χ3v) is 3.52. The third kappa shape index (κ3) is 10.8. The molecule has 0 fully saturated rings. The fraction of sp³-hybridized carbons (Fsp3) is 0.400. The van der Waals surface area contributed by atoms with Crippen LogP contribution in [-0.4, -0.2) is 30.3 Å². The topological polar surface area (TPSA) is 72.8 Å². The van der Waals surface area contributed by atoms with E-state index in [9.17, 15) is 9.59 Å². The van der Waals surface area contributed by atoms with Gasteiger partial charge in [0.1, 0.15) is 5.75 Å². The predicted molar refractivity (Wildman–Crippen MR) is 97.5 cm³/mol. The fourth-order valence-corrected chi connectivity index (χ4v) is 2.18. The normalized spacial score (nSPS) is 10.6. The van der Waals surface area contributed by atoms with Gasteiger partial charge in [0.25, 0.3) is 0 Å². The molecule has 0 spiro atoms. The number of ether oxygens (including phenoxy) is 2. The second kappa shape index (κ2) is 12.8. The monoisotopic (exact) mass is 346 g/mol. The highest BCUT2D eigenvalue weighted by molar-refractivity contribution is 5.85. The Kier molecular flexibility index (Phi) is 10.5. The predicted octanol–water partition coefficient (Wildman–Crippen LogP) is 4.23. The first-order valence-corrected chi connectivity index (χ1v) is 8.55. The quantitative estimate of drug-likeness (QED) is 0.329. The van der Waals surface area contributed by atoms with Crippen molar-refractivity contribution in [1.29, 1.82) is 0 Å². The van der Waals surface area contributed by atoms with E-state index in [1.807, 2.05) is 24.3 Å². The number of rotatable bonds is 13. The van der Waals surface area contributed by atoms with Crippen molar-refractivity contribution in [2.75, 3.05) is 13.2 Å². The van der Waals surface area contributed by atoms with Crippen molar-refractivity contribution in [2.24, 2.45) is 0 Å². The molecule has 0 aromatic heterocycles. The maximum absolute atomic E-state index is 10.8. The lowest BCUT2D eigenvalue weighted by Crippen LogP contribution is -2.01. The Labute approximate surface area is 149 Å². The van der Waals surface area contributed by atoms with Gasteiger partial charge in [-0.15, -0.1) is 0 Å². The van der Waals surface area contributed by atoms with Crippen molar-refractivity contribution < 1.29 is 24.2 Å². The molecule has 1 aromatic carbocycles. The molecule has 0 atom stereocenters. The molecule has 0 saturated heterocycles. The van der Waals surface area contributed by atoms with Crippen LogP contribution in [0.5, 0.6) is 5.75 Å². The molecule has 0 aliphatic carbocycles. The summed E-state index contributed by atoms with van der Waals surface area (Å²) in [5.41, 5.74) is 0.827. The summed E-state index contributed by atoms with van der Waals surface area (Å²) in [6, 6.07) is 7.33. The lowest BCUT2D eigenvalue weighted by Gasteiger charge is -2.06. The highest BCUT2D eigenvalue weighted by atomic mass is 16.5. The minimum absolute atomic E-state index is 0.358. The van der Waals surface area contributed by atoms with E-state index in [4.69, 9.17) is 14.6 Å². The van der Waals surface area contributed by atoms with Crippen LogP contribution in [0.25, 0.3) is 6.08 Å². The van der Waals surface area contributed by atoms with Crippen molar-refractivity contribution in [3.05, 3.63) is 48.6 Å². The average molecular weight is 346 g/mol. The van der Waals surface area contributed by atoms with Gasteiger partial charge in [0, 0.05) is 12.2 Å².